The van der Waals surface area contributed by atoms with Crippen molar-refractivity contribution in [3.8, 4) is 0 Å². The van der Waals surface area contributed by atoms with Crippen molar-refractivity contribution in [1.82, 2.24) is 10.3 Å². The zero-order valence-corrected chi connectivity index (χ0v) is 10.5. The first kappa shape index (κ1) is 11.6. The Hall–Kier alpha value is -0.830. The molecule has 0 radical (unpaired) electrons. The quantitative estimate of drug-likeness (QED) is 0.850. The molecule has 0 bridgehead atoms. The maximum absolute atomic E-state index is 5.60. The fourth-order valence-electron chi connectivity index (χ4n) is 2.55. The number of aromatic nitrogens is 1. The van der Waals surface area contributed by atoms with Gasteiger partial charge in [-0.25, -0.2) is 4.98 Å². The number of rotatable bonds is 4. The molecular weight excluding hydrogens is 200 g/mol. The molecule has 1 N–H and O–H groups in total. The molecule has 2 atom stereocenters. The Morgan fingerprint density at radius 1 is 1.50 bits per heavy atom. The third-order valence-electron chi connectivity index (χ3n) is 3.55. The summed E-state index contributed by atoms with van der Waals surface area (Å²) >= 11 is 0. The molecule has 0 saturated heterocycles. The minimum absolute atomic E-state index is 0.491. The molecule has 3 heteroatoms. The summed E-state index contributed by atoms with van der Waals surface area (Å²) in [5, 5.41) is 3.40. The van der Waals surface area contributed by atoms with Crippen LogP contribution in [-0.2, 0) is 6.54 Å². The Morgan fingerprint density at radius 3 is 2.94 bits per heavy atom. The molecule has 2 unspecified atom stereocenters. The second kappa shape index (κ2) is 5.00. The first-order valence-electron chi connectivity index (χ1n) is 6.34. The van der Waals surface area contributed by atoms with Crippen LogP contribution in [0.1, 0.15) is 57.4 Å². The fraction of sp³-hybridized carbons (Fsp3) is 0.769. The molecule has 0 aromatic carbocycles. The van der Waals surface area contributed by atoms with Crippen molar-refractivity contribution in [1.29, 1.82) is 0 Å². The highest BCUT2D eigenvalue weighted by Gasteiger charge is 2.29. The first-order valence-corrected chi connectivity index (χ1v) is 6.34. The average Bonchev–Trinajstić information content (AvgIpc) is 2.82. The zero-order chi connectivity index (χ0) is 11.5. The minimum atomic E-state index is 0.491. The van der Waals surface area contributed by atoms with Crippen LogP contribution in [-0.4, -0.2) is 11.0 Å². The van der Waals surface area contributed by atoms with Gasteiger partial charge in [0.25, 0.3) is 0 Å². The summed E-state index contributed by atoms with van der Waals surface area (Å²) in [7, 11) is 0. The lowest BCUT2D eigenvalue weighted by molar-refractivity contribution is 0.407. The van der Waals surface area contributed by atoms with E-state index in [1.807, 2.05) is 0 Å². The van der Waals surface area contributed by atoms with E-state index in [1.54, 1.807) is 6.39 Å². The van der Waals surface area contributed by atoms with Crippen LogP contribution in [0.15, 0.2) is 10.8 Å². The van der Waals surface area contributed by atoms with Gasteiger partial charge in [-0.1, -0.05) is 27.2 Å². The molecule has 0 aliphatic heterocycles. The van der Waals surface area contributed by atoms with E-state index in [0.717, 1.165) is 23.9 Å². The predicted octanol–water partition coefficient (Wildman–Crippen LogP) is 3.08. The van der Waals surface area contributed by atoms with Gasteiger partial charge in [0.15, 0.2) is 6.39 Å². The molecule has 2 rings (SSSR count). The van der Waals surface area contributed by atoms with Crippen LogP contribution in [0.2, 0.25) is 0 Å². The van der Waals surface area contributed by atoms with Crippen LogP contribution < -0.4 is 5.32 Å². The molecular formula is C13H22N2O. The van der Waals surface area contributed by atoms with Gasteiger partial charge < -0.3 is 9.73 Å². The van der Waals surface area contributed by atoms with E-state index >= 15 is 0 Å². The lowest BCUT2D eigenvalue weighted by Gasteiger charge is -2.14. The second-order valence-electron chi connectivity index (χ2n) is 5.21. The molecule has 0 spiro atoms. The van der Waals surface area contributed by atoms with Gasteiger partial charge in [0, 0.05) is 18.5 Å². The van der Waals surface area contributed by atoms with Crippen LogP contribution in [0.25, 0.3) is 0 Å². The summed E-state index contributed by atoms with van der Waals surface area (Å²) in [6.45, 7) is 7.45. The minimum Gasteiger partial charge on any atom is -0.448 e. The summed E-state index contributed by atoms with van der Waals surface area (Å²) in [6.07, 6.45) is 5.49. The van der Waals surface area contributed by atoms with Gasteiger partial charge in [0.2, 0.25) is 0 Å². The number of oxazole rings is 1. The van der Waals surface area contributed by atoms with Crippen LogP contribution in [0.5, 0.6) is 0 Å². The van der Waals surface area contributed by atoms with E-state index in [2.05, 4.69) is 31.1 Å². The SMILES string of the molecule is CC(C)NCc1ncoc1C1CCCC1C. The molecule has 1 aromatic rings. The van der Waals surface area contributed by atoms with Crippen molar-refractivity contribution in [2.75, 3.05) is 0 Å². The molecule has 1 fully saturated rings. The monoisotopic (exact) mass is 222 g/mol. The van der Waals surface area contributed by atoms with E-state index in [4.69, 9.17) is 4.42 Å². The van der Waals surface area contributed by atoms with E-state index in [9.17, 15) is 0 Å². The highest BCUT2D eigenvalue weighted by Crippen LogP contribution is 2.40. The Balaban J connectivity index is 2.06. The summed E-state index contributed by atoms with van der Waals surface area (Å²) in [5.41, 5.74) is 1.10. The summed E-state index contributed by atoms with van der Waals surface area (Å²) < 4.78 is 5.60. The van der Waals surface area contributed by atoms with Gasteiger partial charge in [-0.15, -0.1) is 0 Å². The molecule has 0 amide bonds. The maximum atomic E-state index is 5.60. The summed E-state index contributed by atoms with van der Waals surface area (Å²) in [4.78, 5) is 4.34. The van der Waals surface area contributed by atoms with Gasteiger partial charge in [-0.05, 0) is 18.8 Å². The van der Waals surface area contributed by atoms with Gasteiger partial charge in [0.1, 0.15) is 5.76 Å². The highest BCUT2D eigenvalue weighted by atomic mass is 16.3. The Labute approximate surface area is 97.6 Å². The fourth-order valence-corrected chi connectivity index (χ4v) is 2.55. The van der Waals surface area contributed by atoms with Crippen molar-refractivity contribution in [2.45, 2.75) is 58.5 Å². The van der Waals surface area contributed by atoms with Crippen LogP contribution in [0.4, 0.5) is 0 Å². The molecule has 1 aliphatic rings. The van der Waals surface area contributed by atoms with Crippen molar-refractivity contribution in [3.05, 3.63) is 17.8 Å². The molecule has 1 aromatic heterocycles. The Morgan fingerprint density at radius 2 is 2.31 bits per heavy atom. The Kier molecular flexibility index (Phi) is 3.64. The molecule has 1 aliphatic carbocycles. The van der Waals surface area contributed by atoms with Crippen LogP contribution in [0.3, 0.4) is 0 Å². The van der Waals surface area contributed by atoms with Crippen molar-refractivity contribution in [3.63, 3.8) is 0 Å². The number of hydrogen-bond acceptors (Lipinski definition) is 3. The van der Waals surface area contributed by atoms with Gasteiger partial charge >= 0.3 is 0 Å². The smallest absolute Gasteiger partial charge is 0.181 e. The molecule has 90 valence electrons. The van der Waals surface area contributed by atoms with Crippen molar-refractivity contribution in [2.24, 2.45) is 5.92 Å². The molecule has 1 heterocycles. The first-order chi connectivity index (χ1) is 7.68. The van der Waals surface area contributed by atoms with Gasteiger partial charge in [0.05, 0.1) is 5.69 Å². The molecule has 3 nitrogen and oxygen atoms in total. The maximum Gasteiger partial charge on any atom is 0.181 e. The van der Waals surface area contributed by atoms with Gasteiger partial charge in [-0.3, -0.25) is 0 Å². The number of hydrogen-bond donors (Lipinski definition) is 1. The largest absolute Gasteiger partial charge is 0.448 e. The lowest BCUT2D eigenvalue weighted by atomic mass is 9.94. The second-order valence-corrected chi connectivity index (χ2v) is 5.21. The van der Waals surface area contributed by atoms with E-state index in [1.165, 1.54) is 19.3 Å². The summed E-state index contributed by atoms with van der Waals surface area (Å²) in [5.74, 6) is 2.45. The van der Waals surface area contributed by atoms with Crippen LogP contribution >= 0.6 is 0 Å². The van der Waals surface area contributed by atoms with E-state index in [0.29, 0.717) is 12.0 Å². The Bertz CT molecular complexity index is 332. The highest BCUT2D eigenvalue weighted by molar-refractivity contribution is 5.15. The van der Waals surface area contributed by atoms with Gasteiger partial charge in [-0.2, -0.15) is 0 Å². The summed E-state index contributed by atoms with van der Waals surface area (Å²) in [6, 6.07) is 0.491. The predicted molar refractivity (Wildman–Crippen MR) is 64.2 cm³/mol. The van der Waals surface area contributed by atoms with Crippen LogP contribution in [0, 0.1) is 5.92 Å². The van der Waals surface area contributed by atoms with Crippen molar-refractivity contribution < 1.29 is 4.42 Å². The third-order valence-corrected chi connectivity index (χ3v) is 3.55. The zero-order valence-electron chi connectivity index (χ0n) is 10.5. The lowest BCUT2D eigenvalue weighted by Crippen LogP contribution is -2.23. The number of nitrogens with zero attached hydrogens (tertiary/aromatic N) is 1. The van der Waals surface area contributed by atoms with E-state index in [-0.39, 0.29) is 0 Å². The standard InChI is InChI=1S/C13H22N2O/c1-9(2)14-7-12-13(16-8-15-12)11-6-4-5-10(11)3/h8-11,14H,4-7H2,1-3H3. The molecule has 16 heavy (non-hydrogen) atoms. The van der Waals surface area contributed by atoms with E-state index < -0.39 is 0 Å². The third kappa shape index (κ3) is 2.46. The molecule has 1 saturated carbocycles. The normalized spacial score (nSPS) is 25.5. The van der Waals surface area contributed by atoms with Crippen molar-refractivity contribution >= 4 is 0 Å². The number of nitrogens with one attached hydrogen (secondary N) is 1. The average molecular weight is 222 g/mol. The topological polar surface area (TPSA) is 38.1 Å².